The average Bonchev–Trinajstić information content (AvgIpc) is 3.03. The van der Waals surface area contributed by atoms with Crippen molar-refractivity contribution in [2.45, 2.75) is 24.8 Å². The van der Waals surface area contributed by atoms with Gasteiger partial charge in [0.25, 0.3) is 5.91 Å². The van der Waals surface area contributed by atoms with Gasteiger partial charge < -0.3 is 9.64 Å². The number of nitrogens with zero attached hydrogens (tertiary/aromatic N) is 2. The molecule has 2 aromatic rings. The number of ether oxygens (including phenoxy) is 1. The smallest absolute Gasteiger partial charge is 0.409 e. The minimum absolute atomic E-state index is 0.177. The second kappa shape index (κ2) is 7.88. The van der Waals surface area contributed by atoms with Crippen LogP contribution in [-0.4, -0.2) is 41.3 Å². The number of benzene rings is 1. The number of aromatic nitrogens is 1. The minimum Gasteiger partial charge on any atom is -0.453 e. The molecule has 0 spiro atoms. The number of thioether (sulfide) groups is 1. The van der Waals surface area contributed by atoms with Gasteiger partial charge in [-0.3, -0.25) is 10.1 Å². The Bertz CT molecular complexity index is 774. The van der Waals surface area contributed by atoms with Gasteiger partial charge in [-0.25, -0.2) is 9.78 Å². The van der Waals surface area contributed by atoms with Crippen LogP contribution in [0.1, 0.15) is 27.9 Å². The van der Waals surface area contributed by atoms with Crippen LogP contribution < -0.4 is 5.32 Å². The maximum atomic E-state index is 12.4. The van der Waals surface area contributed by atoms with Gasteiger partial charge in [0.2, 0.25) is 0 Å². The number of hydrogen-bond acceptors (Lipinski definition) is 6. The Hall–Kier alpha value is -2.06. The van der Waals surface area contributed by atoms with E-state index in [1.165, 1.54) is 18.4 Å². The highest BCUT2D eigenvalue weighted by Gasteiger charge is 2.25. The van der Waals surface area contributed by atoms with Gasteiger partial charge >= 0.3 is 6.09 Å². The predicted molar refractivity (Wildman–Crippen MR) is 99.4 cm³/mol. The van der Waals surface area contributed by atoms with Crippen LogP contribution in [0.2, 0.25) is 0 Å². The van der Waals surface area contributed by atoms with Gasteiger partial charge in [0.15, 0.2) is 5.13 Å². The van der Waals surface area contributed by atoms with Crippen LogP contribution in [0.15, 0.2) is 29.2 Å². The van der Waals surface area contributed by atoms with Crippen LogP contribution in [0.4, 0.5) is 9.93 Å². The summed E-state index contributed by atoms with van der Waals surface area (Å²) >= 11 is 3.14. The fraction of sp³-hybridized carbons (Fsp3) is 0.353. The number of hydrogen-bond donors (Lipinski definition) is 1. The van der Waals surface area contributed by atoms with Crippen molar-refractivity contribution in [1.82, 2.24) is 9.88 Å². The van der Waals surface area contributed by atoms with Crippen LogP contribution in [0.25, 0.3) is 0 Å². The highest BCUT2D eigenvalue weighted by molar-refractivity contribution is 7.99. The molecule has 132 valence electrons. The van der Waals surface area contributed by atoms with Crippen LogP contribution in [0.5, 0.6) is 0 Å². The lowest BCUT2D eigenvalue weighted by molar-refractivity contribution is 0.102. The summed E-state index contributed by atoms with van der Waals surface area (Å²) in [6, 6.07) is 7.54. The van der Waals surface area contributed by atoms with Crippen LogP contribution in [0, 0.1) is 0 Å². The first kappa shape index (κ1) is 17.8. The Labute approximate surface area is 154 Å². The molecule has 25 heavy (non-hydrogen) atoms. The maximum Gasteiger partial charge on any atom is 0.409 e. The lowest BCUT2D eigenvalue weighted by Gasteiger charge is -2.24. The van der Waals surface area contributed by atoms with Gasteiger partial charge in [-0.15, -0.1) is 11.8 Å². The summed E-state index contributed by atoms with van der Waals surface area (Å²) in [5.74, 6) is 0.822. The van der Waals surface area contributed by atoms with Crippen molar-refractivity contribution in [2.24, 2.45) is 0 Å². The second-order valence-corrected chi connectivity index (χ2v) is 7.86. The number of amides is 2. The first-order chi connectivity index (χ1) is 12.1. The predicted octanol–water partition coefficient (Wildman–Crippen LogP) is 3.63. The zero-order valence-corrected chi connectivity index (χ0v) is 15.7. The van der Waals surface area contributed by atoms with Crippen molar-refractivity contribution in [3.63, 3.8) is 0 Å². The molecule has 0 atom stereocenters. The average molecular weight is 377 g/mol. The molecule has 0 bridgehead atoms. The van der Waals surface area contributed by atoms with E-state index in [2.05, 4.69) is 17.2 Å². The zero-order valence-electron chi connectivity index (χ0n) is 14.1. The van der Waals surface area contributed by atoms with E-state index in [1.807, 2.05) is 24.3 Å². The van der Waals surface area contributed by atoms with Gasteiger partial charge in [0.1, 0.15) is 0 Å². The molecule has 2 amide bonds. The summed E-state index contributed by atoms with van der Waals surface area (Å²) in [5.41, 5.74) is 1.54. The monoisotopic (exact) mass is 377 g/mol. The Morgan fingerprint density at radius 1 is 1.36 bits per heavy atom. The van der Waals surface area contributed by atoms with Crippen molar-refractivity contribution >= 4 is 40.2 Å². The van der Waals surface area contributed by atoms with Gasteiger partial charge in [-0.2, -0.15) is 0 Å². The number of thiazole rings is 1. The molecule has 0 radical (unpaired) electrons. The van der Waals surface area contributed by atoms with Crippen molar-refractivity contribution in [1.29, 1.82) is 0 Å². The molecule has 0 saturated heterocycles. The van der Waals surface area contributed by atoms with E-state index in [4.69, 9.17) is 4.74 Å². The molecule has 8 heteroatoms. The Morgan fingerprint density at radius 2 is 2.12 bits per heavy atom. The molecule has 0 saturated carbocycles. The third-order valence-electron chi connectivity index (χ3n) is 3.81. The third-order valence-corrected chi connectivity index (χ3v) is 5.70. The summed E-state index contributed by atoms with van der Waals surface area (Å²) in [5, 5.41) is 3.42. The Morgan fingerprint density at radius 3 is 2.80 bits per heavy atom. The van der Waals surface area contributed by atoms with Gasteiger partial charge in [0.05, 0.1) is 19.3 Å². The van der Waals surface area contributed by atoms with E-state index in [0.29, 0.717) is 30.2 Å². The number of carbonyl (C=O) groups is 2. The molecule has 0 fully saturated rings. The number of anilines is 1. The van der Waals surface area contributed by atoms with Crippen LogP contribution >= 0.6 is 23.1 Å². The molecule has 1 aromatic heterocycles. The fourth-order valence-corrected chi connectivity index (χ4v) is 4.25. The maximum absolute atomic E-state index is 12.4. The lowest BCUT2D eigenvalue weighted by atomic mass is 10.2. The van der Waals surface area contributed by atoms with Gasteiger partial charge in [-0.1, -0.05) is 18.3 Å². The second-order valence-electron chi connectivity index (χ2n) is 5.44. The number of rotatable bonds is 4. The quantitative estimate of drug-likeness (QED) is 0.824. The van der Waals surface area contributed by atoms with Gasteiger partial charge in [0, 0.05) is 28.3 Å². The molecule has 1 N–H and O–H groups in total. The number of methoxy groups -OCH3 is 1. The number of fused-ring (bicyclic) bond motifs is 1. The highest BCUT2D eigenvalue weighted by Crippen LogP contribution is 2.29. The summed E-state index contributed by atoms with van der Waals surface area (Å²) in [6.45, 7) is 3.14. The van der Waals surface area contributed by atoms with Gasteiger partial charge in [-0.05, 0) is 30.0 Å². The fourth-order valence-electron chi connectivity index (χ4n) is 2.57. The Balaban J connectivity index is 1.67. The number of nitrogens with one attached hydrogen (secondary N) is 1. The first-order valence-corrected chi connectivity index (χ1v) is 9.76. The largest absolute Gasteiger partial charge is 0.453 e. The molecule has 1 aromatic carbocycles. The molecule has 0 aliphatic carbocycles. The molecule has 2 heterocycles. The topological polar surface area (TPSA) is 71.5 Å². The normalized spacial score (nSPS) is 13.3. The lowest BCUT2D eigenvalue weighted by Crippen LogP contribution is -2.35. The molecular formula is C17H19N3O3S2. The zero-order chi connectivity index (χ0) is 17.8. The summed E-state index contributed by atoms with van der Waals surface area (Å²) in [6.07, 6.45) is 0.328. The molecule has 3 rings (SSSR count). The van der Waals surface area contributed by atoms with Crippen molar-refractivity contribution in [3.8, 4) is 0 Å². The summed E-state index contributed by atoms with van der Waals surface area (Å²) in [7, 11) is 1.38. The number of carbonyl (C=O) groups excluding carboxylic acids is 2. The van der Waals surface area contributed by atoms with Crippen molar-refractivity contribution in [2.75, 3.05) is 24.7 Å². The van der Waals surface area contributed by atoms with E-state index < -0.39 is 0 Å². The molecule has 1 aliphatic heterocycles. The van der Waals surface area contributed by atoms with Crippen LogP contribution in [0.3, 0.4) is 0 Å². The molecule has 6 nitrogen and oxygen atoms in total. The van der Waals surface area contributed by atoms with E-state index in [-0.39, 0.29) is 12.0 Å². The molecule has 1 aliphatic rings. The van der Waals surface area contributed by atoms with E-state index in [1.54, 1.807) is 16.7 Å². The Kier molecular flexibility index (Phi) is 5.60. The van der Waals surface area contributed by atoms with Crippen molar-refractivity contribution < 1.29 is 14.3 Å². The highest BCUT2D eigenvalue weighted by atomic mass is 32.2. The molecular weight excluding hydrogens is 358 g/mol. The summed E-state index contributed by atoms with van der Waals surface area (Å²) in [4.78, 5) is 32.3. The summed E-state index contributed by atoms with van der Waals surface area (Å²) < 4.78 is 4.76. The van der Waals surface area contributed by atoms with E-state index in [0.717, 1.165) is 21.2 Å². The van der Waals surface area contributed by atoms with E-state index >= 15 is 0 Å². The minimum atomic E-state index is -0.338. The van der Waals surface area contributed by atoms with Crippen molar-refractivity contribution in [3.05, 3.63) is 40.4 Å². The SMILES string of the molecule is CCSc1ccc(C(=O)Nc2nc3c(s2)CN(C(=O)OC)CC3)cc1. The van der Waals surface area contributed by atoms with Crippen LogP contribution in [-0.2, 0) is 17.7 Å². The molecule has 0 unspecified atom stereocenters. The van der Waals surface area contributed by atoms with E-state index in [9.17, 15) is 9.59 Å². The first-order valence-electron chi connectivity index (χ1n) is 7.96. The third kappa shape index (κ3) is 4.13. The standard InChI is InChI=1S/C17H19N3O3S2/c1-3-24-12-6-4-11(5-7-12)15(21)19-16-18-13-8-9-20(17(22)23-2)10-14(13)25-16/h4-7H,3,8-10H2,1-2H3,(H,18,19,21).